The van der Waals surface area contributed by atoms with Crippen LogP contribution in [0.2, 0.25) is 0 Å². The van der Waals surface area contributed by atoms with Gasteiger partial charge in [0.15, 0.2) is 0 Å². The maximum atomic E-state index is 10.6. The second kappa shape index (κ2) is 2.08. The number of carbonyl (C=O) groups is 1. The molecular weight excluding hydrogens is 146 g/mol. The highest BCUT2D eigenvalue weighted by Crippen LogP contribution is 2.08. The summed E-state index contributed by atoms with van der Waals surface area (Å²) >= 11 is 0. The Morgan fingerprint density at radius 3 is 3.09 bits per heavy atom. The number of carbonyl (C=O) groups excluding carboxylic acids is 1. The first kappa shape index (κ1) is 5.90. The highest BCUT2D eigenvalue weighted by atomic mass is 16.2. The van der Waals surface area contributed by atoms with Gasteiger partial charge in [0.1, 0.15) is 0 Å². The fourth-order valence-electron chi connectivity index (χ4n) is 0.766. The highest BCUT2D eigenvalue weighted by Gasteiger charge is 2.16. The zero-order chi connectivity index (χ0) is 7.68. The number of amides is 2. The molecule has 0 saturated heterocycles. The molecule has 0 aliphatic carbocycles. The SMILES string of the molecule is O=C1N=NN2C=CC=CN2N1. The number of fused-ring (bicyclic) bond motifs is 1. The van der Waals surface area contributed by atoms with Gasteiger partial charge in [0.05, 0.1) is 6.20 Å². The van der Waals surface area contributed by atoms with Gasteiger partial charge in [-0.2, -0.15) is 5.12 Å². The molecule has 0 saturated carbocycles. The zero-order valence-electron chi connectivity index (χ0n) is 5.51. The minimum absolute atomic E-state index is 0.471. The third-order valence-electron chi connectivity index (χ3n) is 1.22. The summed E-state index contributed by atoms with van der Waals surface area (Å²) in [5.41, 5.74) is 2.44. The molecular formula is C5H5N5O. The summed E-state index contributed by atoms with van der Waals surface area (Å²) in [6.07, 6.45) is 6.89. The van der Waals surface area contributed by atoms with Gasteiger partial charge in [-0.05, 0) is 17.4 Å². The lowest BCUT2D eigenvalue weighted by Crippen LogP contribution is -2.47. The maximum Gasteiger partial charge on any atom is 0.381 e. The maximum absolute atomic E-state index is 10.6. The van der Waals surface area contributed by atoms with Gasteiger partial charge in [-0.25, -0.2) is 10.2 Å². The lowest BCUT2D eigenvalue weighted by atomic mass is 10.5. The fraction of sp³-hybridized carbons (Fsp3) is 0. The van der Waals surface area contributed by atoms with E-state index in [9.17, 15) is 4.79 Å². The first-order chi connectivity index (χ1) is 5.36. The molecule has 0 atom stereocenters. The predicted molar refractivity (Wildman–Crippen MR) is 35.3 cm³/mol. The van der Waals surface area contributed by atoms with Crippen LogP contribution < -0.4 is 5.43 Å². The first-order valence-corrected chi connectivity index (χ1v) is 3.02. The molecule has 1 N–H and O–H groups in total. The van der Waals surface area contributed by atoms with Crippen molar-refractivity contribution in [2.45, 2.75) is 0 Å². The molecule has 2 aliphatic rings. The lowest BCUT2D eigenvalue weighted by Gasteiger charge is -2.30. The number of urea groups is 1. The molecule has 0 bridgehead atoms. The molecule has 0 aromatic rings. The Hall–Kier alpha value is -1.85. The van der Waals surface area contributed by atoms with Gasteiger partial charge in [0, 0.05) is 6.20 Å². The second-order valence-electron chi connectivity index (χ2n) is 1.95. The number of rotatable bonds is 0. The summed E-state index contributed by atoms with van der Waals surface area (Å²) in [6, 6.07) is -0.471. The Kier molecular flexibility index (Phi) is 1.12. The van der Waals surface area contributed by atoms with Gasteiger partial charge < -0.3 is 0 Å². The van der Waals surface area contributed by atoms with Crippen molar-refractivity contribution in [1.29, 1.82) is 0 Å². The highest BCUT2D eigenvalue weighted by molar-refractivity contribution is 5.73. The number of nitrogens with zero attached hydrogens (tertiary/aromatic N) is 4. The molecule has 0 spiro atoms. The van der Waals surface area contributed by atoms with E-state index in [-0.39, 0.29) is 0 Å². The Morgan fingerprint density at radius 2 is 2.18 bits per heavy atom. The Bertz CT molecular complexity index is 268. The molecule has 0 aromatic heterocycles. The van der Waals surface area contributed by atoms with Crippen LogP contribution in [0.1, 0.15) is 0 Å². The zero-order valence-corrected chi connectivity index (χ0v) is 5.51. The monoisotopic (exact) mass is 151 g/mol. The van der Waals surface area contributed by atoms with E-state index in [1.165, 1.54) is 10.2 Å². The summed E-state index contributed by atoms with van der Waals surface area (Å²) in [5.74, 6) is 0. The predicted octanol–water partition coefficient (Wildman–Crippen LogP) is 0.552. The van der Waals surface area contributed by atoms with Gasteiger partial charge in [-0.1, -0.05) is 5.11 Å². The van der Waals surface area contributed by atoms with E-state index < -0.39 is 6.03 Å². The molecule has 2 aliphatic heterocycles. The molecule has 6 heteroatoms. The van der Waals surface area contributed by atoms with E-state index in [0.29, 0.717) is 0 Å². The third kappa shape index (κ3) is 0.936. The minimum atomic E-state index is -0.471. The lowest BCUT2D eigenvalue weighted by molar-refractivity contribution is 0.0139. The van der Waals surface area contributed by atoms with Crippen molar-refractivity contribution in [3.63, 3.8) is 0 Å². The average Bonchev–Trinajstić information content (AvgIpc) is 2.04. The summed E-state index contributed by atoms with van der Waals surface area (Å²) in [4.78, 5) is 10.6. The van der Waals surface area contributed by atoms with Crippen LogP contribution in [0.25, 0.3) is 0 Å². The molecule has 0 fully saturated rings. The summed E-state index contributed by atoms with van der Waals surface area (Å²) in [6.45, 7) is 0. The Balaban J connectivity index is 2.26. The van der Waals surface area contributed by atoms with Crippen molar-refractivity contribution >= 4 is 6.03 Å². The van der Waals surface area contributed by atoms with Gasteiger partial charge in [0.2, 0.25) is 0 Å². The van der Waals surface area contributed by atoms with Crippen molar-refractivity contribution in [2.75, 3.05) is 0 Å². The smallest absolute Gasteiger partial charge is 0.242 e. The van der Waals surface area contributed by atoms with Crippen molar-refractivity contribution in [1.82, 2.24) is 15.7 Å². The minimum Gasteiger partial charge on any atom is -0.242 e. The number of nitrogens with one attached hydrogen (secondary N) is 1. The Morgan fingerprint density at radius 1 is 1.36 bits per heavy atom. The number of allylic oxidation sites excluding steroid dienone is 2. The molecule has 11 heavy (non-hydrogen) atoms. The molecule has 0 aromatic carbocycles. The Labute approximate surface area is 62.4 Å². The molecule has 0 radical (unpaired) electrons. The van der Waals surface area contributed by atoms with E-state index in [1.54, 1.807) is 24.6 Å². The van der Waals surface area contributed by atoms with Crippen LogP contribution in [0.4, 0.5) is 4.79 Å². The van der Waals surface area contributed by atoms with Crippen molar-refractivity contribution in [2.24, 2.45) is 10.3 Å². The summed E-state index contributed by atoms with van der Waals surface area (Å²) < 4.78 is 0. The van der Waals surface area contributed by atoms with Crippen LogP contribution in [-0.4, -0.2) is 16.3 Å². The molecule has 56 valence electrons. The standard InChI is InChI=1S/C5H5N5O/c11-5-6-8-10-4-2-1-3-9(10)7-5/h1-4H,(H,7,11). The normalized spacial score (nSPS) is 20.2. The van der Waals surface area contributed by atoms with Gasteiger partial charge in [-0.15, -0.1) is 5.12 Å². The number of hydrazine groups is 2. The number of hydrogen-bond donors (Lipinski definition) is 1. The van der Waals surface area contributed by atoms with E-state index in [1.807, 2.05) is 0 Å². The van der Waals surface area contributed by atoms with E-state index in [0.717, 1.165) is 0 Å². The van der Waals surface area contributed by atoms with Crippen molar-refractivity contribution in [3.05, 3.63) is 24.6 Å². The van der Waals surface area contributed by atoms with E-state index in [2.05, 4.69) is 15.8 Å². The van der Waals surface area contributed by atoms with Crippen molar-refractivity contribution < 1.29 is 4.79 Å². The molecule has 6 nitrogen and oxygen atoms in total. The van der Waals surface area contributed by atoms with Crippen LogP contribution in [0, 0.1) is 0 Å². The molecule has 2 amide bonds. The molecule has 2 rings (SSSR count). The molecule has 2 heterocycles. The quantitative estimate of drug-likeness (QED) is 0.550. The van der Waals surface area contributed by atoms with Crippen molar-refractivity contribution in [3.8, 4) is 0 Å². The summed E-state index contributed by atoms with van der Waals surface area (Å²) in [7, 11) is 0. The summed E-state index contributed by atoms with van der Waals surface area (Å²) in [5, 5.41) is 9.69. The van der Waals surface area contributed by atoms with Gasteiger partial charge >= 0.3 is 6.03 Å². The molecule has 0 unspecified atom stereocenters. The number of hydrogen-bond acceptors (Lipinski definition) is 4. The average molecular weight is 151 g/mol. The van der Waals surface area contributed by atoms with Crippen LogP contribution >= 0.6 is 0 Å². The van der Waals surface area contributed by atoms with Gasteiger partial charge in [-0.3, -0.25) is 0 Å². The largest absolute Gasteiger partial charge is 0.381 e. The fourth-order valence-corrected chi connectivity index (χ4v) is 0.766. The van der Waals surface area contributed by atoms with Crippen LogP contribution in [-0.2, 0) is 0 Å². The van der Waals surface area contributed by atoms with E-state index in [4.69, 9.17) is 0 Å². The topological polar surface area (TPSA) is 60.3 Å². The first-order valence-electron chi connectivity index (χ1n) is 3.02. The van der Waals surface area contributed by atoms with Crippen LogP contribution in [0.3, 0.4) is 0 Å². The van der Waals surface area contributed by atoms with Gasteiger partial charge in [0.25, 0.3) is 0 Å². The van der Waals surface area contributed by atoms with E-state index >= 15 is 0 Å². The van der Waals surface area contributed by atoms with Crippen LogP contribution in [0.15, 0.2) is 34.9 Å². The third-order valence-corrected chi connectivity index (χ3v) is 1.22. The van der Waals surface area contributed by atoms with Crippen LogP contribution in [0.5, 0.6) is 0 Å². The second-order valence-corrected chi connectivity index (χ2v) is 1.95.